The van der Waals surface area contributed by atoms with E-state index in [1.54, 1.807) is 7.11 Å². The molecule has 0 saturated carbocycles. The van der Waals surface area contributed by atoms with E-state index < -0.39 is 0 Å². The van der Waals surface area contributed by atoms with E-state index in [-0.39, 0.29) is 5.91 Å². The van der Waals surface area contributed by atoms with Gasteiger partial charge in [0, 0.05) is 55.0 Å². The number of ether oxygens (including phenoxy) is 1. The van der Waals surface area contributed by atoms with Gasteiger partial charge in [-0.2, -0.15) is 0 Å². The van der Waals surface area contributed by atoms with Crippen molar-refractivity contribution in [3.63, 3.8) is 0 Å². The molecular formula is C20H24BrN3O2. The summed E-state index contributed by atoms with van der Waals surface area (Å²) in [5.74, 6) is 0.864. The van der Waals surface area contributed by atoms with Crippen LogP contribution in [-0.4, -0.2) is 57.2 Å². The molecule has 0 bridgehead atoms. The summed E-state index contributed by atoms with van der Waals surface area (Å²) in [6, 6.07) is 15.6. The lowest BCUT2D eigenvalue weighted by Gasteiger charge is -2.36. The number of methoxy groups -OCH3 is 1. The van der Waals surface area contributed by atoms with Crippen molar-refractivity contribution in [2.75, 3.05) is 51.3 Å². The monoisotopic (exact) mass is 417 g/mol. The molecule has 1 aliphatic heterocycles. The number of anilines is 1. The number of hydrogen-bond donors (Lipinski definition) is 1. The van der Waals surface area contributed by atoms with Crippen LogP contribution >= 0.6 is 15.9 Å². The predicted octanol–water partition coefficient (Wildman–Crippen LogP) is 3.01. The molecule has 6 heteroatoms. The van der Waals surface area contributed by atoms with Crippen molar-refractivity contribution in [2.45, 2.75) is 0 Å². The van der Waals surface area contributed by atoms with Crippen LogP contribution in [0.1, 0.15) is 10.4 Å². The Hall–Kier alpha value is -2.05. The lowest BCUT2D eigenvalue weighted by Crippen LogP contribution is -2.48. The first-order chi connectivity index (χ1) is 12.7. The summed E-state index contributed by atoms with van der Waals surface area (Å²) in [5.41, 5.74) is 1.92. The number of benzene rings is 2. The van der Waals surface area contributed by atoms with E-state index in [1.165, 1.54) is 5.69 Å². The molecule has 2 aromatic carbocycles. The first-order valence-corrected chi connectivity index (χ1v) is 9.60. The van der Waals surface area contributed by atoms with Gasteiger partial charge in [0.05, 0.1) is 7.11 Å². The standard InChI is InChI=1S/C20H24BrN3O2/c1-26-19-8-6-18(7-9-19)24-14-12-23(13-15-24)11-10-22-20(25)16-2-4-17(21)5-3-16/h2-9H,10-15H2,1H3,(H,22,25). The number of nitrogens with zero attached hydrogens (tertiary/aromatic N) is 2. The summed E-state index contributed by atoms with van der Waals surface area (Å²) in [4.78, 5) is 16.9. The highest BCUT2D eigenvalue weighted by molar-refractivity contribution is 9.10. The fourth-order valence-corrected chi connectivity index (χ4v) is 3.32. The highest BCUT2D eigenvalue weighted by Gasteiger charge is 2.17. The third-order valence-electron chi connectivity index (χ3n) is 4.63. The lowest BCUT2D eigenvalue weighted by atomic mass is 10.2. The number of hydrogen-bond acceptors (Lipinski definition) is 4. The largest absolute Gasteiger partial charge is 0.497 e. The van der Waals surface area contributed by atoms with Crippen molar-refractivity contribution in [3.05, 3.63) is 58.6 Å². The summed E-state index contributed by atoms with van der Waals surface area (Å²) < 4.78 is 6.19. The van der Waals surface area contributed by atoms with Gasteiger partial charge in [-0.1, -0.05) is 15.9 Å². The molecule has 2 aromatic rings. The summed E-state index contributed by atoms with van der Waals surface area (Å²) in [7, 11) is 1.68. The summed E-state index contributed by atoms with van der Waals surface area (Å²) >= 11 is 3.38. The van der Waals surface area contributed by atoms with E-state index in [9.17, 15) is 4.79 Å². The molecule has 0 aliphatic carbocycles. The van der Waals surface area contributed by atoms with Gasteiger partial charge in [-0.05, 0) is 48.5 Å². The van der Waals surface area contributed by atoms with Gasteiger partial charge in [0.2, 0.25) is 0 Å². The van der Waals surface area contributed by atoms with Crippen molar-refractivity contribution in [1.82, 2.24) is 10.2 Å². The Morgan fingerprint density at radius 1 is 1.04 bits per heavy atom. The Bertz CT molecular complexity index is 711. The zero-order valence-corrected chi connectivity index (χ0v) is 16.5. The Morgan fingerprint density at radius 2 is 1.69 bits per heavy atom. The molecular weight excluding hydrogens is 394 g/mol. The van der Waals surface area contributed by atoms with Crippen LogP contribution in [0.3, 0.4) is 0 Å². The van der Waals surface area contributed by atoms with Crippen LogP contribution in [0, 0.1) is 0 Å². The number of piperazine rings is 1. The number of carbonyl (C=O) groups is 1. The van der Waals surface area contributed by atoms with Crippen molar-refractivity contribution < 1.29 is 9.53 Å². The third-order valence-corrected chi connectivity index (χ3v) is 5.16. The average molecular weight is 418 g/mol. The molecule has 1 aliphatic rings. The minimum absolute atomic E-state index is 0.0191. The highest BCUT2D eigenvalue weighted by atomic mass is 79.9. The maximum Gasteiger partial charge on any atom is 0.251 e. The number of amides is 1. The second-order valence-corrected chi connectivity index (χ2v) is 7.21. The van der Waals surface area contributed by atoms with E-state index in [2.05, 4.69) is 43.2 Å². The van der Waals surface area contributed by atoms with Crippen molar-refractivity contribution in [3.8, 4) is 5.75 Å². The molecule has 0 unspecified atom stereocenters. The topological polar surface area (TPSA) is 44.8 Å². The molecule has 0 aromatic heterocycles. The van der Waals surface area contributed by atoms with E-state index in [1.807, 2.05) is 36.4 Å². The third kappa shape index (κ3) is 4.99. The number of nitrogens with one attached hydrogen (secondary N) is 1. The zero-order valence-electron chi connectivity index (χ0n) is 15.0. The van der Waals surface area contributed by atoms with Crippen molar-refractivity contribution in [2.24, 2.45) is 0 Å². The number of halogens is 1. The zero-order chi connectivity index (χ0) is 18.4. The number of carbonyl (C=O) groups excluding carboxylic acids is 1. The summed E-state index contributed by atoms with van der Waals surface area (Å²) in [6.07, 6.45) is 0. The maximum absolute atomic E-state index is 12.1. The summed E-state index contributed by atoms with van der Waals surface area (Å²) in [5, 5.41) is 3.00. The summed E-state index contributed by atoms with van der Waals surface area (Å²) in [6.45, 7) is 5.52. The van der Waals surface area contributed by atoms with Crippen LogP contribution in [-0.2, 0) is 0 Å². The van der Waals surface area contributed by atoms with Crippen LogP contribution in [0.15, 0.2) is 53.0 Å². The first kappa shape index (κ1) is 18.7. The molecule has 1 fully saturated rings. The molecule has 0 atom stereocenters. The Balaban J connectivity index is 1.39. The Morgan fingerprint density at radius 3 is 2.31 bits per heavy atom. The molecule has 138 valence electrons. The van der Waals surface area contributed by atoms with Crippen molar-refractivity contribution >= 4 is 27.5 Å². The van der Waals surface area contributed by atoms with Crippen LogP contribution < -0.4 is 15.0 Å². The van der Waals surface area contributed by atoms with Gasteiger partial charge in [0.1, 0.15) is 5.75 Å². The smallest absolute Gasteiger partial charge is 0.251 e. The molecule has 1 saturated heterocycles. The molecule has 1 N–H and O–H groups in total. The molecule has 26 heavy (non-hydrogen) atoms. The van der Waals surface area contributed by atoms with Gasteiger partial charge in [0.25, 0.3) is 5.91 Å². The van der Waals surface area contributed by atoms with E-state index in [0.717, 1.165) is 42.9 Å². The van der Waals surface area contributed by atoms with E-state index >= 15 is 0 Å². The average Bonchev–Trinajstić information content (AvgIpc) is 2.69. The fourth-order valence-electron chi connectivity index (χ4n) is 3.05. The maximum atomic E-state index is 12.1. The SMILES string of the molecule is COc1ccc(N2CCN(CCNC(=O)c3ccc(Br)cc3)CC2)cc1. The van der Waals surface area contributed by atoms with E-state index in [4.69, 9.17) is 4.74 Å². The molecule has 1 heterocycles. The Kier molecular flexibility index (Phi) is 6.52. The van der Waals surface area contributed by atoms with Crippen LogP contribution in [0.5, 0.6) is 5.75 Å². The molecule has 1 amide bonds. The first-order valence-electron chi connectivity index (χ1n) is 8.81. The fraction of sp³-hybridized carbons (Fsp3) is 0.350. The predicted molar refractivity (Wildman–Crippen MR) is 108 cm³/mol. The van der Waals surface area contributed by atoms with Crippen LogP contribution in [0.4, 0.5) is 5.69 Å². The van der Waals surface area contributed by atoms with Crippen LogP contribution in [0.2, 0.25) is 0 Å². The van der Waals surface area contributed by atoms with Crippen molar-refractivity contribution in [1.29, 1.82) is 0 Å². The second kappa shape index (κ2) is 9.05. The van der Waals surface area contributed by atoms with E-state index in [0.29, 0.717) is 12.1 Å². The molecule has 5 nitrogen and oxygen atoms in total. The Labute approximate surface area is 163 Å². The highest BCUT2D eigenvalue weighted by Crippen LogP contribution is 2.20. The molecule has 3 rings (SSSR count). The molecule has 0 radical (unpaired) electrons. The van der Waals surface area contributed by atoms with Gasteiger partial charge in [0.15, 0.2) is 0 Å². The minimum atomic E-state index is -0.0191. The normalized spacial score (nSPS) is 14.9. The second-order valence-electron chi connectivity index (χ2n) is 6.29. The van der Waals surface area contributed by atoms with Gasteiger partial charge in [-0.15, -0.1) is 0 Å². The minimum Gasteiger partial charge on any atom is -0.497 e. The van der Waals surface area contributed by atoms with Crippen LogP contribution in [0.25, 0.3) is 0 Å². The van der Waals surface area contributed by atoms with Gasteiger partial charge in [-0.25, -0.2) is 0 Å². The lowest BCUT2D eigenvalue weighted by molar-refractivity contribution is 0.0948. The van der Waals surface area contributed by atoms with Gasteiger partial charge in [-0.3, -0.25) is 9.69 Å². The molecule has 0 spiro atoms. The van der Waals surface area contributed by atoms with Gasteiger partial charge < -0.3 is 15.0 Å². The number of rotatable bonds is 6. The van der Waals surface area contributed by atoms with Gasteiger partial charge >= 0.3 is 0 Å². The quantitative estimate of drug-likeness (QED) is 0.784.